The SMILES string of the molecule is CC(=O)NCC(O)C(O)c1ccc(C(C)=O)cc1N. The van der Waals surface area contributed by atoms with Crippen LogP contribution in [0.25, 0.3) is 0 Å². The minimum atomic E-state index is -1.23. The van der Waals surface area contributed by atoms with E-state index < -0.39 is 12.2 Å². The Morgan fingerprint density at radius 2 is 1.95 bits per heavy atom. The highest BCUT2D eigenvalue weighted by Gasteiger charge is 2.21. The van der Waals surface area contributed by atoms with Crippen LogP contribution < -0.4 is 11.1 Å². The molecule has 2 unspecified atom stereocenters. The number of amides is 1. The second-order valence-electron chi connectivity index (χ2n) is 4.35. The molecule has 2 atom stereocenters. The quantitative estimate of drug-likeness (QED) is 0.442. The summed E-state index contributed by atoms with van der Waals surface area (Å²) < 4.78 is 0. The van der Waals surface area contributed by atoms with E-state index in [1.165, 1.54) is 32.0 Å². The van der Waals surface area contributed by atoms with Crippen LogP contribution in [0.2, 0.25) is 0 Å². The molecule has 0 heterocycles. The van der Waals surface area contributed by atoms with Crippen molar-refractivity contribution in [3.8, 4) is 0 Å². The molecule has 1 aromatic rings. The van der Waals surface area contributed by atoms with Crippen LogP contribution in [0.5, 0.6) is 0 Å². The number of nitrogens with two attached hydrogens (primary N) is 1. The van der Waals surface area contributed by atoms with Gasteiger partial charge in [-0.3, -0.25) is 9.59 Å². The van der Waals surface area contributed by atoms with E-state index in [4.69, 9.17) is 5.73 Å². The third-order valence-corrected chi connectivity index (χ3v) is 2.74. The zero-order chi connectivity index (χ0) is 14.6. The number of benzene rings is 1. The van der Waals surface area contributed by atoms with Gasteiger partial charge < -0.3 is 21.3 Å². The largest absolute Gasteiger partial charge is 0.398 e. The second-order valence-corrected chi connectivity index (χ2v) is 4.35. The third kappa shape index (κ3) is 4.04. The third-order valence-electron chi connectivity index (χ3n) is 2.74. The first-order chi connectivity index (χ1) is 8.82. The molecule has 104 valence electrons. The predicted octanol–water partition coefficient (Wildman–Crippen LogP) is 0.00180. The Kier molecular flexibility index (Phi) is 5.02. The van der Waals surface area contributed by atoms with Crippen LogP contribution in [-0.2, 0) is 4.79 Å². The molecule has 0 saturated heterocycles. The van der Waals surface area contributed by atoms with Crippen LogP contribution in [-0.4, -0.2) is 34.6 Å². The first kappa shape index (κ1) is 15.1. The lowest BCUT2D eigenvalue weighted by atomic mass is 9.99. The highest BCUT2D eigenvalue weighted by molar-refractivity contribution is 5.95. The summed E-state index contributed by atoms with van der Waals surface area (Å²) in [5, 5.41) is 22.1. The van der Waals surface area contributed by atoms with Gasteiger partial charge in [0.05, 0.1) is 0 Å². The van der Waals surface area contributed by atoms with Crippen molar-refractivity contribution in [3.05, 3.63) is 29.3 Å². The summed E-state index contributed by atoms with van der Waals surface area (Å²) in [5.74, 6) is -0.433. The number of aliphatic hydroxyl groups is 2. The molecule has 0 saturated carbocycles. The summed E-state index contributed by atoms with van der Waals surface area (Å²) >= 11 is 0. The molecule has 0 bridgehead atoms. The Labute approximate surface area is 111 Å². The number of rotatable bonds is 5. The van der Waals surface area contributed by atoms with Crippen LogP contribution in [0.1, 0.15) is 35.9 Å². The predicted molar refractivity (Wildman–Crippen MR) is 70.5 cm³/mol. The van der Waals surface area contributed by atoms with Gasteiger partial charge in [0, 0.05) is 30.3 Å². The zero-order valence-corrected chi connectivity index (χ0v) is 10.9. The Hall–Kier alpha value is -1.92. The van der Waals surface area contributed by atoms with Gasteiger partial charge in [0.1, 0.15) is 12.2 Å². The monoisotopic (exact) mass is 266 g/mol. The number of nitrogens with one attached hydrogen (secondary N) is 1. The highest BCUT2D eigenvalue weighted by Crippen LogP contribution is 2.24. The molecule has 0 aromatic heterocycles. The summed E-state index contributed by atoms with van der Waals surface area (Å²) in [5.41, 5.74) is 6.72. The number of aliphatic hydroxyl groups excluding tert-OH is 2. The lowest BCUT2D eigenvalue weighted by Crippen LogP contribution is -2.34. The van der Waals surface area contributed by atoms with Gasteiger partial charge in [-0.1, -0.05) is 12.1 Å². The topological polar surface area (TPSA) is 113 Å². The van der Waals surface area contributed by atoms with Gasteiger partial charge in [0.2, 0.25) is 5.91 Å². The smallest absolute Gasteiger partial charge is 0.216 e. The number of carbonyl (C=O) groups is 2. The van der Waals surface area contributed by atoms with Crippen molar-refractivity contribution in [2.24, 2.45) is 0 Å². The fourth-order valence-electron chi connectivity index (χ4n) is 1.63. The Bertz CT molecular complexity index is 488. The number of hydrogen-bond donors (Lipinski definition) is 4. The zero-order valence-electron chi connectivity index (χ0n) is 10.9. The molecule has 6 heteroatoms. The fourth-order valence-corrected chi connectivity index (χ4v) is 1.63. The average molecular weight is 266 g/mol. The lowest BCUT2D eigenvalue weighted by Gasteiger charge is -2.20. The molecular weight excluding hydrogens is 248 g/mol. The minimum Gasteiger partial charge on any atom is -0.398 e. The van der Waals surface area contributed by atoms with E-state index in [9.17, 15) is 19.8 Å². The summed E-state index contributed by atoms with van der Waals surface area (Å²) in [6.07, 6.45) is -2.40. The van der Waals surface area contributed by atoms with E-state index in [1.807, 2.05) is 0 Å². The van der Waals surface area contributed by atoms with Crippen molar-refractivity contribution in [2.75, 3.05) is 12.3 Å². The van der Waals surface area contributed by atoms with Gasteiger partial charge in [-0.15, -0.1) is 0 Å². The van der Waals surface area contributed by atoms with Crippen LogP contribution in [0, 0.1) is 0 Å². The number of carbonyl (C=O) groups excluding carboxylic acids is 2. The maximum Gasteiger partial charge on any atom is 0.216 e. The number of anilines is 1. The van der Waals surface area contributed by atoms with Crippen molar-refractivity contribution < 1.29 is 19.8 Å². The van der Waals surface area contributed by atoms with E-state index in [2.05, 4.69) is 5.32 Å². The molecule has 0 aliphatic heterocycles. The van der Waals surface area contributed by atoms with Crippen molar-refractivity contribution in [2.45, 2.75) is 26.1 Å². The Morgan fingerprint density at radius 3 is 2.42 bits per heavy atom. The standard InChI is InChI=1S/C13H18N2O4/c1-7(16)9-3-4-10(11(14)5-9)13(19)12(18)6-15-8(2)17/h3-5,12-13,18-19H,6,14H2,1-2H3,(H,15,17). The molecule has 0 radical (unpaired) electrons. The average Bonchev–Trinajstić information content (AvgIpc) is 2.34. The van der Waals surface area contributed by atoms with E-state index in [-0.39, 0.29) is 23.9 Å². The molecule has 1 amide bonds. The highest BCUT2D eigenvalue weighted by atomic mass is 16.3. The normalized spacial score (nSPS) is 13.7. The molecule has 0 aliphatic carbocycles. The second kappa shape index (κ2) is 6.31. The fraction of sp³-hybridized carbons (Fsp3) is 0.385. The van der Waals surface area contributed by atoms with Gasteiger partial charge in [0.25, 0.3) is 0 Å². The molecule has 5 N–H and O–H groups in total. The van der Waals surface area contributed by atoms with Gasteiger partial charge >= 0.3 is 0 Å². The van der Waals surface area contributed by atoms with Gasteiger partial charge in [-0.05, 0) is 13.0 Å². The summed E-state index contributed by atoms with van der Waals surface area (Å²) in [4.78, 5) is 21.9. The number of ketones is 1. The Morgan fingerprint density at radius 1 is 1.32 bits per heavy atom. The molecule has 0 spiro atoms. The molecule has 6 nitrogen and oxygen atoms in total. The molecule has 0 aliphatic rings. The molecule has 1 rings (SSSR count). The number of nitrogen functional groups attached to an aromatic ring is 1. The van der Waals surface area contributed by atoms with Crippen molar-refractivity contribution in [1.82, 2.24) is 5.32 Å². The van der Waals surface area contributed by atoms with Gasteiger partial charge in [-0.2, -0.15) is 0 Å². The lowest BCUT2D eigenvalue weighted by molar-refractivity contribution is -0.119. The molecule has 0 fully saturated rings. The van der Waals surface area contributed by atoms with Crippen LogP contribution in [0.15, 0.2) is 18.2 Å². The molecule has 19 heavy (non-hydrogen) atoms. The molecular formula is C13H18N2O4. The van der Waals surface area contributed by atoms with Gasteiger partial charge in [-0.25, -0.2) is 0 Å². The van der Waals surface area contributed by atoms with Crippen LogP contribution in [0.4, 0.5) is 5.69 Å². The van der Waals surface area contributed by atoms with E-state index in [0.29, 0.717) is 11.1 Å². The van der Waals surface area contributed by atoms with Crippen molar-refractivity contribution >= 4 is 17.4 Å². The van der Waals surface area contributed by atoms with Crippen molar-refractivity contribution in [3.63, 3.8) is 0 Å². The summed E-state index contributed by atoms with van der Waals surface area (Å²) in [6.45, 7) is 2.65. The summed E-state index contributed by atoms with van der Waals surface area (Å²) in [6, 6.07) is 4.47. The van der Waals surface area contributed by atoms with E-state index >= 15 is 0 Å². The van der Waals surface area contributed by atoms with E-state index in [0.717, 1.165) is 0 Å². The van der Waals surface area contributed by atoms with Crippen LogP contribution in [0.3, 0.4) is 0 Å². The van der Waals surface area contributed by atoms with E-state index in [1.54, 1.807) is 0 Å². The first-order valence-electron chi connectivity index (χ1n) is 5.84. The number of Topliss-reactive ketones (excluding diaryl/α,β-unsaturated/α-hetero) is 1. The van der Waals surface area contributed by atoms with Gasteiger partial charge in [0.15, 0.2) is 5.78 Å². The molecule has 1 aromatic carbocycles. The number of hydrogen-bond acceptors (Lipinski definition) is 5. The van der Waals surface area contributed by atoms with Crippen molar-refractivity contribution in [1.29, 1.82) is 0 Å². The maximum absolute atomic E-state index is 11.2. The Balaban J connectivity index is 2.84. The summed E-state index contributed by atoms with van der Waals surface area (Å²) in [7, 11) is 0. The first-order valence-corrected chi connectivity index (χ1v) is 5.84. The van der Waals surface area contributed by atoms with Crippen LogP contribution >= 0.6 is 0 Å². The maximum atomic E-state index is 11.2. The minimum absolute atomic E-state index is 0.0790.